The highest BCUT2D eigenvalue weighted by atomic mass is 31.2. The maximum atomic E-state index is 11.8. The smallest absolute Gasteiger partial charge is 0.463 e. The molecule has 2 atom stereocenters. The zero-order valence-corrected chi connectivity index (χ0v) is 22.8. The normalized spacial score (nSPS) is 18.9. The zero-order chi connectivity index (χ0) is 32.5. The van der Waals surface area contributed by atoms with Crippen LogP contribution in [0.1, 0.15) is 106 Å². The van der Waals surface area contributed by atoms with Gasteiger partial charge in [-0.3, -0.25) is 13.8 Å². The van der Waals surface area contributed by atoms with Gasteiger partial charge in [0.25, 0.3) is 0 Å². The third-order valence-electron chi connectivity index (χ3n) is 5.06. The summed E-state index contributed by atoms with van der Waals surface area (Å²) < 4.78 is 79.5. The fraction of sp³-hybridized carbons (Fsp3) is 0.885. The summed E-state index contributed by atoms with van der Waals surface area (Å²) in [6, 6.07) is 0. The first-order chi connectivity index (χ1) is 19.2. The fourth-order valence-electron chi connectivity index (χ4n) is 2.97. The third kappa shape index (κ3) is 26.1. The van der Waals surface area contributed by atoms with Crippen LogP contribution in [0.2, 0.25) is 0 Å². The van der Waals surface area contributed by atoms with E-state index in [4.69, 9.17) is 23.4 Å². The van der Waals surface area contributed by atoms with Crippen LogP contribution in [-0.2, 0) is 23.1 Å². The lowest BCUT2D eigenvalue weighted by molar-refractivity contribution is -0.870. The molecule has 0 fully saturated rings. The second kappa shape index (κ2) is 21.3. The minimum Gasteiger partial charge on any atom is -0.463 e. The van der Waals surface area contributed by atoms with Crippen LogP contribution in [0, 0.1) is 0 Å². The largest absolute Gasteiger partial charge is 0.472 e. The van der Waals surface area contributed by atoms with E-state index in [-0.39, 0.29) is 26.1 Å². The Hall–Kier alpha value is -0.760. The number of hydrogen-bond donors (Lipinski definition) is 2. The second-order valence-corrected chi connectivity index (χ2v) is 11.1. The third-order valence-corrected chi connectivity index (χ3v) is 6.05. The molecule has 0 saturated heterocycles. The Kier molecular flexibility index (Phi) is 14.2. The lowest BCUT2D eigenvalue weighted by Gasteiger charge is -2.24. The van der Waals surface area contributed by atoms with Gasteiger partial charge in [-0.25, -0.2) is 4.57 Å². The fourth-order valence-corrected chi connectivity index (χ4v) is 3.72. The summed E-state index contributed by atoms with van der Waals surface area (Å²) in [5, 5.41) is 9.84. The van der Waals surface area contributed by atoms with Crippen molar-refractivity contribution in [2.24, 2.45) is 0 Å². The average molecular weight is 530 g/mol. The van der Waals surface area contributed by atoms with Crippen molar-refractivity contribution in [1.82, 2.24) is 0 Å². The molecule has 0 aromatic heterocycles. The molecular weight excluding hydrogens is 469 g/mol. The van der Waals surface area contributed by atoms with E-state index in [9.17, 15) is 19.4 Å². The van der Waals surface area contributed by atoms with Crippen LogP contribution in [0.25, 0.3) is 0 Å². The molecule has 0 saturated carbocycles. The molecule has 208 valence electrons. The van der Waals surface area contributed by atoms with Crippen molar-refractivity contribution in [2.45, 2.75) is 103 Å². The first-order valence-corrected chi connectivity index (χ1v) is 14.1. The molecule has 9 heteroatoms. The lowest BCUT2D eigenvalue weighted by Crippen LogP contribution is -2.37. The minimum absolute atomic E-state index is 0.0199. The van der Waals surface area contributed by atoms with E-state index in [1.165, 1.54) is 0 Å². The van der Waals surface area contributed by atoms with Gasteiger partial charge in [0.2, 0.25) is 0 Å². The molecule has 0 amide bonds. The van der Waals surface area contributed by atoms with Crippen molar-refractivity contribution in [2.75, 3.05) is 47.5 Å². The Morgan fingerprint density at radius 2 is 1.57 bits per heavy atom. The van der Waals surface area contributed by atoms with Gasteiger partial charge >= 0.3 is 13.8 Å². The van der Waals surface area contributed by atoms with E-state index in [1.54, 1.807) is 0 Å². The molecule has 0 radical (unpaired) electrons. The first kappa shape index (κ1) is 23.4. The van der Waals surface area contributed by atoms with Gasteiger partial charge in [-0.15, -0.1) is 0 Å². The summed E-state index contributed by atoms with van der Waals surface area (Å²) in [6.45, 7) is -3.30. The number of phosphoric acid groups is 1. The van der Waals surface area contributed by atoms with Crippen LogP contribution in [-0.4, -0.2) is 74.1 Å². The Balaban J connectivity index is 3.76. The number of carbonyl (C=O) groups excluding carboxylic acids is 1. The van der Waals surface area contributed by atoms with Crippen LogP contribution in [0.15, 0.2) is 12.2 Å². The molecule has 0 aromatic rings. The van der Waals surface area contributed by atoms with Gasteiger partial charge in [0.05, 0.1) is 27.7 Å². The van der Waals surface area contributed by atoms with Gasteiger partial charge in [-0.05, 0) is 32.1 Å². The Morgan fingerprint density at radius 1 is 0.971 bits per heavy atom. The molecule has 0 spiro atoms. The number of aliphatic hydroxyl groups is 1. The minimum atomic E-state index is -4.29. The Labute approximate surface area is 224 Å². The van der Waals surface area contributed by atoms with Crippen molar-refractivity contribution in [3.63, 3.8) is 0 Å². The Bertz CT molecular complexity index is 837. The molecule has 0 aliphatic heterocycles. The summed E-state index contributed by atoms with van der Waals surface area (Å²) in [5.74, 6) is -0.449. The number of esters is 1. The molecule has 0 aliphatic rings. The van der Waals surface area contributed by atoms with Crippen LogP contribution >= 0.6 is 7.82 Å². The Morgan fingerprint density at radius 3 is 2.20 bits per heavy atom. The molecule has 2 N–H and O–H groups in total. The van der Waals surface area contributed by atoms with Crippen LogP contribution in [0.4, 0.5) is 0 Å². The average Bonchev–Trinajstić information content (AvgIpc) is 2.84. The summed E-state index contributed by atoms with van der Waals surface area (Å²) >= 11 is 0. The summed E-state index contributed by atoms with van der Waals surface area (Å²) in [5.41, 5.74) is 0. The number of phosphoric ester groups is 1. The highest BCUT2D eigenvalue weighted by Crippen LogP contribution is 2.43. The molecule has 0 heterocycles. The van der Waals surface area contributed by atoms with Gasteiger partial charge in [0.1, 0.15) is 25.9 Å². The monoisotopic (exact) mass is 529 g/mol. The first-order valence-electron chi connectivity index (χ1n) is 16.1. The number of ether oxygens (including phenoxy) is 1. The molecule has 0 aliphatic carbocycles. The maximum absolute atomic E-state index is 11.8. The van der Waals surface area contributed by atoms with E-state index in [0.29, 0.717) is 30.3 Å². The number of rotatable bonds is 24. The quantitative estimate of drug-likeness (QED) is 0.0538. The van der Waals surface area contributed by atoms with E-state index < -0.39 is 46.1 Å². The van der Waals surface area contributed by atoms with Crippen molar-refractivity contribution in [3.05, 3.63) is 12.2 Å². The number of nitrogens with zero attached hydrogens (tertiary/aromatic N) is 1. The highest BCUT2D eigenvalue weighted by Gasteiger charge is 2.24. The SMILES string of the molecule is [2H]C([2H])([2H])C([2H])([2H])C([2H])([2H])CCCCC/C=C\CCCCCCCC(=O)OCC(O)COP(=O)(O)OCC[N+](C)(C)C. The van der Waals surface area contributed by atoms with Crippen molar-refractivity contribution < 1.29 is 47.2 Å². The van der Waals surface area contributed by atoms with Gasteiger partial charge < -0.3 is 19.2 Å². The molecule has 0 aromatic carbocycles. The summed E-state index contributed by atoms with van der Waals surface area (Å²) in [4.78, 5) is 21.5. The molecule has 8 nitrogen and oxygen atoms in total. The number of hydrogen-bond acceptors (Lipinski definition) is 6. The molecule has 35 heavy (non-hydrogen) atoms. The van der Waals surface area contributed by atoms with E-state index in [0.717, 1.165) is 44.9 Å². The number of carbonyl (C=O) groups is 1. The number of allylic oxidation sites excluding steroid dienone is 2. The standard InChI is InChI=1S/C26H52NO7P/c1-5-6-7-8-9-10-11-12-13-14-15-16-17-18-19-20-26(29)32-23-25(28)24-34-35(30,31)33-22-21-27(2,3)4/h12-13,25,28H,5-11,14-24H2,1-4H3/p+1/b13-12-/i1D3,5D2,6D2. The number of quaternary nitrogens is 1. The zero-order valence-electron chi connectivity index (χ0n) is 28.9. The highest BCUT2D eigenvalue weighted by molar-refractivity contribution is 7.47. The van der Waals surface area contributed by atoms with Gasteiger partial charge in [-0.1, -0.05) is 70.3 Å². The number of likely N-dealkylation sites (N-methyl/N-ethyl adjacent to an activating group) is 1. The molecular formula is C26H53NO7P+. The number of unbranched alkanes of at least 4 members (excludes halogenated alkanes) is 8. The van der Waals surface area contributed by atoms with E-state index in [1.807, 2.05) is 21.1 Å². The van der Waals surface area contributed by atoms with Crippen LogP contribution < -0.4 is 0 Å². The van der Waals surface area contributed by atoms with Gasteiger partial charge in [-0.2, -0.15) is 0 Å². The van der Waals surface area contributed by atoms with Crippen molar-refractivity contribution in [1.29, 1.82) is 0 Å². The molecule has 0 bridgehead atoms. The summed E-state index contributed by atoms with van der Waals surface area (Å²) in [7, 11) is 1.44. The lowest BCUT2D eigenvalue weighted by atomic mass is 10.1. The van der Waals surface area contributed by atoms with Gasteiger partial charge in [0, 0.05) is 16.0 Å². The van der Waals surface area contributed by atoms with Crippen molar-refractivity contribution in [3.8, 4) is 0 Å². The predicted molar refractivity (Wildman–Crippen MR) is 141 cm³/mol. The summed E-state index contributed by atoms with van der Waals surface area (Å²) in [6.07, 6.45) is 6.05. The predicted octanol–water partition coefficient (Wildman–Crippen LogP) is 5.77. The van der Waals surface area contributed by atoms with Gasteiger partial charge in [0.15, 0.2) is 0 Å². The second-order valence-electron chi connectivity index (χ2n) is 9.63. The van der Waals surface area contributed by atoms with Crippen molar-refractivity contribution >= 4 is 13.8 Å². The van der Waals surface area contributed by atoms with E-state index >= 15 is 0 Å². The van der Waals surface area contributed by atoms with Crippen LogP contribution in [0.5, 0.6) is 0 Å². The van der Waals surface area contributed by atoms with Crippen LogP contribution in [0.3, 0.4) is 0 Å². The molecule has 0 rings (SSSR count). The molecule has 2 unspecified atom stereocenters. The topological polar surface area (TPSA) is 102 Å². The maximum Gasteiger partial charge on any atom is 0.472 e. The van der Waals surface area contributed by atoms with E-state index in [2.05, 4.69) is 12.2 Å². The number of aliphatic hydroxyl groups excluding tert-OH is 1.